The van der Waals surface area contributed by atoms with Crippen molar-refractivity contribution < 1.29 is 14.6 Å². The van der Waals surface area contributed by atoms with Crippen LogP contribution in [0, 0.1) is 0 Å². The Hall–Kier alpha value is -2.55. The van der Waals surface area contributed by atoms with Gasteiger partial charge in [0, 0.05) is 5.56 Å². The van der Waals surface area contributed by atoms with Gasteiger partial charge in [-0.1, -0.05) is 55.1 Å². The standard InChI is InChI=1S/C15H12O3/c1-12(13-8-4-2-5-9-13)17-18-15(16)14-10-6-3-7-11-14/h2-11H,1H2. The number of rotatable bonds is 4. The first kappa shape index (κ1) is 11.9. The highest BCUT2D eigenvalue weighted by Gasteiger charge is 2.09. The largest absolute Gasteiger partial charge is 0.386 e. The van der Waals surface area contributed by atoms with Crippen molar-refractivity contribution in [2.75, 3.05) is 0 Å². The molecule has 18 heavy (non-hydrogen) atoms. The van der Waals surface area contributed by atoms with Gasteiger partial charge in [-0.2, -0.15) is 0 Å². The first-order chi connectivity index (χ1) is 8.77. The molecule has 2 aromatic rings. The van der Waals surface area contributed by atoms with E-state index in [1.165, 1.54) is 0 Å². The van der Waals surface area contributed by atoms with Gasteiger partial charge in [-0.05, 0) is 12.1 Å². The summed E-state index contributed by atoms with van der Waals surface area (Å²) in [6.45, 7) is 3.69. The average molecular weight is 240 g/mol. The van der Waals surface area contributed by atoms with Crippen LogP contribution >= 0.6 is 0 Å². The summed E-state index contributed by atoms with van der Waals surface area (Å²) in [5, 5.41) is 0. The van der Waals surface area contributed by atoms with Gasteiger partial charge in [-0.3, -0.25) is 4.89 Å². The molecule has 0 aliphatic heterocycles. The predicted molar refractivity (Wildman–Crippen MR) is 68.4 cm³/mol. The van der Waals surface area contributed by atoms with Crippen molar-refractivity contribution in [3.8, 4) is 0 Å². The van der Waals surface area contributed by atoms with E-state index in [9.17, 15) is 4.79 Å². The third-order valence-corrected chi connectivity index (χ3v) is 2.32. The van der Waals surface area contributed by atoms with E-state index in [1.54, 1.807) is 24.3 Å². The molecule has 0 aliphatic rings. The molecule has 0 radical (unpaired) electrons. The molecule has 2 rings (SSSR count). The van der Waals surface area contributed by atoms with Gasteiger partial charge in [0.25, 0.3) is 0 Å². The van der Waals surface area contributed by atoms with Crippen molar-refractivity contribution >= 4 is 11.7 Å². The molecule has 0 spiro atoms. The van der Waals surface area contributed by atoms with Crippen LogP contribution in [0.5, 0.6) is 0 Å². The van der Waals surface area contributed by atoms with Gasteiger partial charge in [0.1, 0.15) is 0 Å². The molecule has 0 aliphatic carbocycles. The lowest BCUT2D eigenvalue weighted by Crippen LogP contribution is -2.05. The molecule has 0 saturated carbocycles. The van der Waals surface area contributed by atoms with Crippen LogP contribution in [0.2, 0.25) is 0 Å². The molecular formula is C15H12O3. The van der Waals surface area contributed by atoms with Crippen molar-refractivity contribution in [3.05, 3.63) is 78.4 Å². The maximum Gasteiger partial charge on any atom is 0.386 e. The molecule has 0 aromatic heterocycles. The quantitative estimate of drug-likeness (QED) is 0.466. The first-order valence-electron chi connectivity index (χ1n) is 5.45. The summed E-state index contributed by atoms with van der Waals surface area (Å²) in [4.78, 5) is 21.2. The van der Waals surface area contributed by atoms with E-state index in [-0.39, 0.29) is 0 Å². The fraction of sp³-hybridized carbons (Fsp3) is 0. The van der Waals surface area contributed by atoms with Crippen LogP contribution in [-0.4, -0.2) is 5.97 Å². The predicted octanol–water partition coefficient (Wildman–Crippen LogP) is 3.45. The van der Waals surface area contributed by atoms with Crippen LogP contribution in [0.3, 0.4) is 0 Å². The van der Waals surface area contributed by atoms with Crippen LogP contribution in [0.4, 0.5) is 0 Å². The lowest BCUT2D eigenvalue weighted by molar-refractivity contribution is -0.176. The third-order valence-electron chi connectivity index (χ3n) is 2.32. The summed E-state index contributed by atoms with van der Waals surface area (Å²) in [5.41, 5.74) is 1.19. The molecule has 0 fully saturated rings. The van der Waals surface area contributed by atoms with Crippen LogP contribution in [0.25, 0.3) is 5.76 Å². The molecule has 3 nitrogen and oxygen atoms in total. The Morgan fingerprint density at radius 3 is 1.83 bits per heavy atom. The summed E-state index contributed by atoms with van der Waals surface area (Å²) >= 11 is 0. The summed E-state index contributed by atoms with van der Waals surface area (Å²) in [6, 6.07) is 17.8. The highest BCUT2D eigenvalue weighted by atomic mass is 17.2. The summed E-state index contributed by atoms with van der Waals surface area (Å²) in [5.74, 6) is -0.257. The summed E-state index contributed by atoms with van der Waals surface area (Å²) in [6.07, 6.45) is 0. The lowest BCUT2D eigenvalue weighted by atomic mass is 10.2. The second-order valence-electron chi connectivity index (χ2n) is 3.61. The summed E-state index contributed by atoms with van der Waals surface area (Å²) in [7, 11) is 0. The molecule has 0 saturated heterocycles. The maximum absolute atomic E-state index is 11.6. The average Bonchev–Trinajstić information content (AvgIpc) is 2.46. The lowest BCUT2D eigenvalue weighted by Gasteiger charge is -2.06. The van der Waals surface area contributed by atoms with E-state index in [0.29, 0.717) is 11.3 Å². The van der Waals surface area contributed by atoms with Gasteiger partial charge < -0.3 is 0 Å². The zero-order valence-electron chi connectivity index (χ0n) is 9.71. The molecule has 0 heterocycles. The zero-order valence-corrected chi connectivity index (χ0v) is 9.71. The molecular weight excluding hydrogens is 228 g/mol. The van der Waals surface area contributed by atoms with Crippen molar-refractivity contribution in [1.82, 2.24) is 0 Å². The minimum absolute atomic E-state index is 0.292. The fourth-order valence-electron chi connectivity index (χ4n) is 1.38. The van der Waals surface area contributed by atoms with Gasteiger partial charge in [0.15, 0.2) is 5.76 Å². The molecule has 0 amide bonds. The Labute approximate surface area is 105 Å². The van der Waals surface area contributed by atoms with Gasteiger partial charge in [-0.25, -0.2) is 9.68 Å². The third kappa shape index (κ3) is 2.98. The zero-order chi connectivity index (χ0) is 12.8. The van der Waals surface area contributed by atoms with Crippen LogP contribution in [0.1, 0.15) is 15.9 Å². The van der Waals surface area contributed by atoms with E-state index >= 15 is 0 Å². The van der Waals surface area contributed by atoms with Crippen molar-refractivity contribution in [1.29, 1.82) is 0 Å². The number of benzene rings is 2. The van der Waals surface area contributed by atoms with E-state index < -0.39 is 5.97 Å². The van der Waals surface area contributed by atoms with Gasteiger partial charge in [0.05, 0.1) is 5.56 Å². The minimum atomic E-state index is -0.548. The van der Waals surface area contributed by atoms with E-state index in [1.807, 2.05) is 36.4 Å². The van der Waals surface area contributed by atoms with E-state index in [2.05, 4.69) is 6.58 Å². The molecule has 0 bridgehead atoms. The maximum atomic E-state index is 11.6. The van der Waals surface area contributed by atoms with Crippen LogP contribution in [-0.2, 0) is 9.78 Å². The van der Waals surface area contributed by atoms with Gasteiger partial charge in [0.2, 0.25) is 0 Å². The number of carbonyl (C=O) groups is 1. The number of hydrogen-bond donors (Lipinski definition) is 0. The normalized spacial score (nSPS) is 9.56. The molecule has 0 atom stereocenters. The molecule has 3 heteroatoms. The van der Waals surface area contributed by atoms with Crippen LogP contribution in [0.15, 0.2) is 67.2 Å². The number of hydrogen-bond acceptors (Lipinski definition) is 3. The fourth-order valence-corrected chi connectivity index (χ4v) is 1.38. The Kier molecular flexibility index (Phi) is 3.76. The van der Waals surface area contributed by atoms with E-state index in [4.69, 9.17) is 9.78 Å². The smallest absolute Gasteiger partial charge is 0.287 e. The van der Waals surface area contributed by atoms with E-state index in [0.717, 1.165) is 5.56 Å². The molecule has 0 N–H and O–H groups in total. The monoisotopic (exact) mass is 240 g/mol. The topological polar surface area (TPSA) is 35.5 Å². The summed E-state index contributed by atoms with van der Waals surface area (Å²) < 4.78 is 0. The van der Waals surface area contributed by atoms with Crippen molar-refractivity contribution in [3.63, 3.8) is 0 Å². The Balaban J connectivity index is 1.93. The highest BCUT2D eigenvalue weighted by molar-refractivity contribution is 5.89. The highest BCUT2D eigenvalue weighted by Crippen LogP contribution is 2.14. The number of carbonyl (C=O) groups excluding carboxylic acids is 1. The minimum Gasteiger partial charge on any atom is -0.287 e. The van der Waals surface area contributed by atoms with Gasteiger partial charge >= 0.3 is 5.97 Å². The second kappa shape index (κ2) is 5.68. The second-order valence-corrected chi connectivity index (χ2v) is 3.61. The first-order valence-corrected chi connectivity index (χ1v) is 5.45. The van der Waals surface area contributed by atoms with Gasteiger partial charge in [-0.15, -0.1) is 0 Å². The Morgan fingerprint density at radius 2 is 1.28 bits per heavy atom. The van der Waals surface area contributed by atoms with Crippen molar-refractivity contribution in [2.45, 2.75) is 0 Å². The van der Waals surface area contributed by atoms with Crippen molar-refractivity contribution in [2.24, 2.45) is 0 Å². The Morgan fingerprint density at radius 1 is 0.778 bits per heavy atom. The molecule has 2 aromatic carbocycles. The Bertz CT molecular complexity index is 481. The van der Waals surface area contributed by atoms with Crippen LogP contribution < -0.4 is 0 Å². The molecule has 0 unspecified atom stereocenters. The SMILES string of the molecule is C=C(OOC(=O)c1ccccc1)c1ccccc1. The molecule has 90 valence electrons.